The number of fused-ring (bicyclic) bond motifs is 32. The molecule has 0 fully saturated rings. The Morgan fingerprint density at radius 2 is 0.557 bits per heavy atom. The van der Waals surface area contributed by atoms with Crippen molar-refractivity contribution in [2.75, 3.05) is 0 Å². The molecular formula is C104H70N2. The highest BCUT2D eigenvalue weighted by Crippen LogP contribution is 2.67. The van der Waals surface area contributed by atoms with Gasteiger partial charge in [-0.25, -0.2) is 0 Å². The topological polar surface area (TPSA) is 9.86 Å². The fraction of sp³-hybridized carbons (Fsp3) is 0.0962. The predicted molar refractivity (Wildman–Crippen MR) is 439 cm³/mol. The molecule has 2 aromatic heterocycles. The van der Waals surface area contributed by atoms with Crippen LogP contribution in [0.5, 0.6) is 0 Å². The first-order valence-electron chi connectivity index (χ1n) is 37.9. The number of nitrogens with zero attached hydrogens (tertiary/aromatic N) is 2. The van der Waals surface area contributed by atoms with Crippen LogP contribution >= 0.6 is 0 Å². The number of hydrogen-bond acceptors (Lipinski definition) is 0. The van der Waals surface area contributed by atoms with Gasteiger partial charge in [-0.3, -0.25) is 0 Å². The maximum absolute atomic E-state index is 2.58. The highest BCUT2D eigenvalue weighted by molar-refractivity contribution is 6.12. The largest absolute Gasteiger partial charge is 0.309 e. The molecule has 0 saturated heterocycles. The molecule has 0 N–H and O–H groups in total. The summed E-state index contributed by atoms with van der Waals surface area (Å²) >= 11 is 0. The zero-order valence-corrected chi connectivity index (χ0v) is 59.4. The van der Waals surface area contributed by atoms with Gasteiger partial charge in [-0.1, -0.05) is 283 Å². The molecule has 2 unspecified atom stereocenters. The third-order valence-electron chi connectivity index (χ3n) is 26.7. The molecule has 17 aromatic rings. The summed E-state index contributed by atoms with van der Waals surface area (Å²) in [5, 5.41) is 5.03. The standard InChI is InChI=1S/C104H70N2/c1-101(2)85-29-13-5-21-69(85)75-49-43-67(59-91(75)101)105-97-35-19-11-27-81(97)83-53-61(41-51-99(83)105)63-37-45-77-79-47-39-65(57-95(79)103(93(77)55-63)87-31-15-7-23-71(87)72-24-8-16-32-88(72)103)66-40-48-80-78-46-38-64(56-94(78)104(96(80)58-66)89-33-17-9-25-73(89)74-26-10-18-34-90(74)104)62-42-52-100-84(54-62)82-28-12-20-36-98(82)106(100)68-44-50-76-70-22-6-14-30-86(70)102(3,4)92(76)60-68/h5-60,69,85H,1-4H3. The molecule has 7 aliphatic carbocycles. The van der Waals surface area contributed by atoms with Crippen molar-refractivity contribution >= 4 is 43.6 Å². The van der Waals surface area contributed by atoms with E-state index in [2.05, 4.69) is 377 Å². The Hall–Kier alpha value is -12.6. The summed E-state index contributed by atoms with van der Waals surface area (Å²) in [6.45, 7) is 9.63. The molecule has 7 aliphatic rings. The van der Waals surface area contributed by atoms with Crippen LogP contribution in [0.1, 0.15) is 100 Å². The minimum atomic E-state index is -0.579. The van der Waals surface area contributed by atoms with Crippen LogP contribution in [-0.4, -0.2) is 9.13 Å². The zero-order chi connectivity index (χ0) is 69.8. The van der Waals surface area contributed by atoms with Gasteiger partial charge in [0.05, 0.1) is 32.9 Å². The summed E-state index contributed by atoms with van der Waals surface area (Å²) in [4.78, 5) is 0. The van der Waals surface area contributed by atoms with Crippen LogP contribution in [0.25, 0.3) is 144 Å². The van der Waals surface area contributed by atoms with E-state index in [4.69, 9.17) is 0 Å². The van der Waals surface area contributed by atoms with E-state index < -0.39 is 10.8 Å². The minimum absolute atomic E-state index is 0.0129. The summed E-state index contributed by atoms with van der Waals surface area (Å²) in [7, 11) is 0. The molecule has 2 nitrogen and oxygen atoms in total. The van der Waals surface area contributed by atoms with Gasteiger partial charge >= 0.3 is 0 Å². The average molecular weight is 1350 g/mol. The third-order valence-corrected chi connectivity index (χ3v) is 26.7. The quantitative estimate of drug-likeness (QED) is 0.163. The molecule has 15 aromatic carbocycles. The molecule has 24 rings (SSSR count). The maximum atomic E-state index is 2.58. The van der Waals surface area contributed by atoms with Crippen LogP contribution < -0.4 is 0 Å². The Bertz CT molecular complexity index is 6830. The van der Waals surface area contributed by atoms with Crippen LogP contribution in [0.4, 0.5) is 0 Å². The lowest BCUT2D eigenvalue weighted by Crippen LogP contribution is -2.26. The van der Waals surface area contributed by atoms with E-state index in [1.807, 2.05) is 0 Å². The smallest absolute Gasteiger partial charge is 0.0725 e. The molecule has 0 amide bonds. The van der Waals surface area contributed by atoms with Gasteiger partial charge in [0.2, 0.25) is 0 Å². The van der Waals surface area contributed by atoms with Gasteiger partial charge in [-0.2, -0.15) is 0 Å². The lowest BCUT2D eigenvalue weighted by atomic mass is 9.69. The average Bonchev–Trinajstić information content (AvgIpc) is 1.51. The van der Waals surface area contributed by atoms with Crippen molar-refractivity contribution in [2.45, 2.75) is 55.3 Å². The summed E-state index contributed by atoms with van der Waals surface area (Å²) in [5.41, 5.74) is 42.7. The summed E-state index contributed by atoms with van der Waals surface area (Å²) in [6, 6.07) is 122. The Kier molecular flexibility index (Phi) is 11.4. The maximum Gasteiger partial charge on any atom is 0.0725 e. The molecule has 2 heterocycles. The number of aromatic nitrogens is 2. The number of hydrogen-bond donors (Lipinski definition) is 0. The first-order chi connectivity index (χ1) is 52.1. The SMILES string of the molecule is CC1(C)c2ccccc2-c2ccc(-n3c4ccccc4c4cc(-c5ccc6c(c5)C5(c7ccccc7-c7ccccc75)c5cc(-c7ccc8c(c7)C7(c9ccccc9-c9ccccc97)c7cc(-c9ccc%10c(c9)c9ccccc9n%10-c9ccc%10c(c9)C(C)(C)C9C=CC=CC%109)ccc7-8)ccc5-6)ccc43)cc21. The summed E-state index contributed by atoms with van der Waals surface area (Å²) in [5.74, 6) is 0.859. The van der Waals surface area contributed by atoms with Crippen molar-refractivity contribution in [1.82, 2.24) is 9.13 Å². The highest BCUT2D eigenvalue weighted by Gasteiger charge is 2.54. The number of allylic oxidation sites excluding steroid dienone is 4. The molecule has 2 heteroatoms. The van der Waals surface area contributed by atoms with E-state index in [-0.39, 0.29) is 10.8 Å². The Labute approximate surface area is 616 Å². The summed E-state index contributed by atoms with van der Waals surface area (Å²) in [6.07, 6.45) is 9.30. The lowest BCUT2D eigenvalue weighted by molar-refractivity contribution is 0.394. The number of para-hydroxylation sites is 2. The van der Waals surface area contributed by atoms with Crippen LogP contribution in [0.3, 0.4) is 0 Å². The van der Waals surface area contributed by atoms with E-state index in [1.54, 1.807) is 0 Å². The minimum Gasteiger partial charge on any atom is -0.309 e. The molecule has 2 spiro atoms. The van der Waals surface area contributed by atoms with Gasteiger partial charge < -0.3 is 9.13 Å². The second kappa shape index (κ2) is 20.6. The van der Waals surface area contributed by atoms with Gasteiger partial charge in [-0.05, 0) is 252 Å². The van der Waals surface area contributed by atoms with Crippen LogP contribution in [0, 0.1) is 5.92 Å². The van der Waals surface area contributed by atoms with E-state index >= 15 is 0 Å². The van der Waals surface area contributed by atoms with Gasteiger partial charge in [0, 0.05) is 44.3 Å². The number of rotatable bonds is 5. The zero-order valence-electron chi connectivity index (χ0n) is 59.4. The van der Waals surface area contributed by atoms with E-state index in [1.165, 1.54) is 211 Å². The molecule has 0 radical (unpaired) electrons. The Morgan fingerprint density at radius 1 is 0.236 bits per heavy atom. The molecule has 2 atom stereocenters. The number of benzene rings is 15. The van der Waals surface area contributed by atoms with Crippen molar-refractivity contribution in [2.24, 2.45) is 5.92 Å². The van der Waals surface area contributed by atoms with Crippen molar-refractivity contribution in [3.05, 3.63) is 407 Å². The lowest BCUT2D eigenvalue weighted by Gasteiger charge is -2.31. The fourth-order valence-electron chi connectivity index (χ4n) is 22.0. The molecule has 496 valence electrons. The first kappa shape index (κ1) is 58.8. The highest BCUT2D eigenvalue weighted by atomic mass is 15.0. The Balaban J connectivity index is 0.645. The van der Waals surface area contributed by atoms with E-state index in [0.29, 0.717) is 11.8 Å². The van der Waals surface area contributed by atoms with Crippen molar-refractivity contribution < 1.29 is 0 Å². The van der Waals surface area contributed by atoms with Gasteiger partial charge in [0.15, 0.2) is 0 Å². The summed E-state index contributed by atoms with van der Waals surface area (Å²) < 4.78 is 5.00. The molecular weight excluding hydrogens is 1280 g/mol. The van der Waals surface area contributed by atoms with Crippen molar-refractivity contribution in [1.29, 1.82) is 0 Å². The second-order valence-electron chi connectivity index (χ2n) is 32.1. The Morgan fingerprint density at radius 3 is 1.01 bits per heavy atom. The van der Waals surface area contributed by atoms with Gasteiger partial charge in [0.25, 0.3) is 0 Å². The molecule has 0 saturated carbocycles. The molecule has 0 aliphatic heterocycles. The second-order valence-corrected chi connectivity index (χ2v) is 32.1. The van der Waals surface area contributed by atoms with E-state index in [9.17, 15) is 0 Å². The van der Waals surface area contributed by atoms with Crippen LogP contribution in [0.15, 0.2) is 340 Å². The monoisotopic (exact) mass is 1350 g/mol. The van der Waals surface area contributed by atoms with Gasteiger partial charge in [0.1, 0.15) is 0 Å². The van der Waals surface area contributed by atoms with Gasteiger partial charge in [-0.15, -0.1) is 0 Å². The fourth-order valence-corrected chi connectivity index (χ4v) is 22.0. The normalized spacial score (nSPS) is 17.1. The van der Waals surface area contributed by atoms with Crippen LogP contribution in [0.2, 0.25) is 0 Å². The molecule has 0 bridgehead atoms. The molecule has 106 heavy (non-hydrogen) atoms. The van der Waals surface area contributed by atoms with Crippen LogP contribution in [-0.2, 0) is 21.7 Å². The van der Waals surface area contributed by atoms with E-state index in [0.717, 1.165) is 0 Å². The predicted octanol–water partition coefficient (Wildman–Crippen LogP) is 26.0. The first-order valence-corrected chi connectivity index (χ1v) is 37.9. The third kappa shape index (κ3) is 7.32. The van der Waals surface area contributed by atoms with Crippen molar-refractivity contribution in [3.63, 3.8) is 0 Å². The van der Waals surface area contributed by atoms with Crippen molar-refractivity contribution in [3.8, 4) is 100 Å².